The van der Waals surface area contributed by atoms with Crippen LogP contribution in [-0.2, 0) is 0 Å². The van der Waals surface area contributed by atoms with E-state index in [1.165, 1.54) is 16.7 Å². The molecule has 0 aliphatic rings. The molecule has 0 aliphatic heterocycles. The van der Waals surface area contributed by atoms with Crippen molar-refractivity contribution in [3.63, 3.8) is 0 Å². The standard InChI is InChI=1S/C21H17Cl2FN8O2/c1-8(28-18-14(23)16(25)30-21(27)31-18)19-29-15-12(6-10(24)7-13(15)22)20(34)32(19)11-4-2-3-9(5-11)17(26)33/h2-8H,1H3,(H2,26,33)(H5,25,27,28,30,31). The number of carbonyl (C=O) groups excluding carboxylic acids is 1. The van der Waals surface area contributed by atoms with E-state index in [0.717, 1.165) is 12.1 Å². The molecule has 174 valence electrons. The van der Waals surface area contributed by atoms with Gasteiger partial charge in [-0.05, 0) is 37.3 Å². The van der Waals surface area contributed by atoms with Gasteiger partial charge in [-0.3, -0.25) is 14.2 Å². The Morgan fingerprint density at radius 1 is 1.15 bits per heavy atom. The molecule has 34 heavy (non-hydrogen) atoms. The third-order valence-corrected chi connectivity index (χ3v) is 5.60. The highest BCUT2D eigenvalue weighted by Gasteiger charge is 2.22. The van der Waals surface area contributed by atoms with Crippen LogP contribution < -0.4 is 28.1 Å². The van der Waals surface area contributed by atoms with Crippen LogP contribution in [0.25, 0.3) is 16.6 Å². The number of carbonyl (C=O) groups is 1. The highest BCUT2D eigenvalue weighted by molar-refractivity contribution is 6.35. The largest absolute Gasteiger partial charge is 0.382 e. The minimum Gasteiger partial charge on any atom is -0.382 e. The van der Waals surface area contributed by atoms with E-state index in [4.69, 9.17) is 40.4 Å². The van der Waals surface area contributed by atoms with Gasteiger partial charge in [-0.15, -0.1) is 0 Å². The van der Waals surface area contributed by atoms with Crippen LogP contribution >= 0.6 is 23.2 Å². The van der Waals surface area contributed by atoms with Crippen LogP contribution in [0.4, 0.5) is 22.0 Å². The van der Waals surface area contributed by atoms with E-state index in [1.807, 2.05) is 0 Å². The number of halogens is 3. The molecule has 0 radical (unpaired) electrons. The van der Waals surface area contributed by atoms with Crippen molar-refractivity contribution in [2.45, 2.75) is 13.0 Å². The molecular weight excluding hydrogens is 486 g/mol. The fourth-order valence-corrected chi connectivity index (χ4v) is 3.80. The molecule has 4 aromatic rings. The molecule has 0 bridgehead atoms. The molecule has 0 fully saturated rings. The molecule has 1 unspecified atom stereocenters. The van der Waals surface area contributed by atoms with E-state index in [1.54, 1.807) is 19.1 Å². The van der Waals surface area contributed by atoms with Gasteiger partial charge in [0.15, 0.2) is 5.82 Å². The second-order valence-electron chi connectivity index (χ2n) is 7.30. The molecule has 0 aliphatic carbocycles. The minimum atomic E-state index is -0.735. The Morgan fingerprint density at radius 3 is 2.59 bits per heavy atom. The smallest absolute Gasteiger partial charge is 0.266 e. The average molecular weight is 503 g/mol. The lowest BCUT2D eigenvalue weighted by molar-refractivity contribution is 0.1000. The van der Waals surface area contributed by atoms with Gasteiger partial charge in [0.2, 0.25) is 11.9 Å². The van der Waals surface area contributed by atoms with Gasteiger partial charge in [0.05, 0.1) is 27.7 Å². The zero-order chi connectivity index (χ0) is 24.7. The number of nitrogen functional groups attached to an aromatic ring is 2. The van der Waals surface area contributed by atoms with Crippen LogP contribution in [0.1, 0.15) is 29.1 Å². The number of hydrogen-bond donors (Lipinski definition) is 4. The second-order valence-corrected chi connectivity index (χ2v) is 8.09. The minimum absolute atomic E-state index is 0.0200. The van der Waals surface area contributed by atoms with Gasteiger partial charge in [0, 0.05) is 5.56 Å². The summed E-state index contributed by atoms with van der Waals surface area (Å²) in [5, 5.41) is 2.92. The number of nitrogens with zero attached hydrogens (tertiary/aromatic N) is 4. The summed E-state index contributed by atoms with van der Waals surface area (Å²) in [7, 11) is 0. The summed E-state index contributed by atoms with van der Waals surface area (Å²) in [6.07, 6.45) is 0. The lowest BCUT2D eigenvalue weighted by atomic mass is 10.1. The number of primary amides is 1. The molecule has 7 N–H and O–H groups in total. The van der Waals surface area contributed by atoms with Gasteiger partial charge in [0.25, 0.3) is 5.56 Å². The molecule has 2 aromatic heterocycles. The molecule has 0 saturated carbocycles. The predicted octanol–water partition coefficient (Wildman–Crippen LogP) is 3.06. The van der Waals surface area contributed by atoms with E-state index in [0.29, 0.717) is 0 Å². The Hall–Kier alpha value is -3.96. The number of amides is 1. The van der Waals surface area contributed by atoms with Gasteiger partial charge >= 0.3 is 0 Å². The van der Waals surface area contributed by atoms with Crippen LogP contribution in [0.3, 0.4) is 0 Å². The summed E-state index contributed by atoms with van der Waals surface area (Å²) >= 11 is 12.4. The number of nitrogens with one attached hydrogen (secondary N) is 1. The zero-order valence-electron chi connectivity index (χ0n) is 17.5. The lowest BCUT2D eigenvalue weighted by Crippen LogP contribution is -2.28. The normalized spacial score (nSPS) is 12.0. The van der Waals surface area contributed by atoms with Crippen LogP contribution in [0.5, 0.6) is 0 Å². The monoisotopic (exact) mass is 502 g/mol. The third-order valence-electron chi connectivity index (χ3n) is 4.94. The Kier molecular flexibility index (Phi) is 5.98. The number of fused-ring (bicyclic) bond motifs is 1. The summed E-state index contributed by atoms with van der Waals surface area (Å²) in [6.45, 7) is 1.67. The van der Waals surface area contributed by atoms with Crippen molar-refractivity contribution >= 4 is 57.6 Å². The van der Waals surface area contributed by atoms with E-state index in [2.05, 4.69) is 20.3 Å². The zero-order valence-corrected chi connectivity index (χ0v) is 19.0. The van der Waals surface area contributed by atoms with Gasteiger partial charge in [-0.2, -0.15) is 9.97 Å². The van der Waals surface area contributed by atoms with E-state index < -0.39 is 23.3 Å². The molecule has 0 saturated heterocycles. The number of nitrogens with two attached hydrogens (primary N) is 3. The summed E-state index contributed by atoms with van der Waals surface area (Å²) < 4.78 is 15.3. The van der Waals surface area contributed by atoms with E-state index in [9.17, 15) is 14.0 Å². The topological polar surface area (TPSA) is 168 Å². The molecule has 13 heteroatoms. The molecule has 4 rings (SSSR count). The Bertz CT molecular complexity index is 1530. The first-order chi connectivity index (χ1) is 16.1. The van der Waals surface area contributed by atoms with Crippen molar-refractivity contribution in [3.8, 4) is 5.69 Å². The molecule has 0 spiro atoms. The first-order valence-electron chi connectivity index (χ1n) is 9.73. The van der Waals surface area contributed by atoms with Gasteiger partial charge in [-0.25, -0.2) is 9.37 Å². The van der Waals surface area contributed by atoms with Crippen molar-refractivity contribution in [1.82, 2.24) is 19.5 Å². The summed E-state index contributed by atoms with van der Waals surface area (Å²) in [5.74, 6) is -1.29. The number of aromatic nitrogens is 4. The lowest BCUT2D eigenvalue weighted by Gasteiger charge is -2.21. The summed E-state index contributed by atoms with van der Waals surface area (Å²) in [6, 6.07) is 7.40. The fourth-order valence-electron chi connectivity index (χ4n) is 3.42. The molecule has 2 heterocycles. The van der Waals surface area contributed by atoms with Crippen molar-refractivity contribution in [2.75, 3.05) is 16.8 Å². The Labute approximate surface area is 201 Å². The van der Waals surface area contributed by atoms with E-state index in [-0.39, 0.29) is 55.6 Å². The number of anilines is 3. The summed E-state index contributed by atoms with van der Waals surface area (Å²) in [4.78, 5) is 37.6. The van der Waals surface area contributed by atoms with Crippen LogP contribution in [0.15, 0.2) is 41.2 Å². The van der Waals surface area contributed by atoms with Crippen molar-refractivity contribution < 1.29 is 9.18 Å². The van der Waals surface area contributed by atoms with Crippen LogP contribution in [0, 0.1) is 5.82 Å². The number of rotatable bonds is 5. The first kappa shape index (κ1) is 23.2. The van der Waals surface area contributed by atoms with Crippen molar-refractivity contribution in [3.05, 3.63) is 74.0 Å². The molecule has 2 aromatic carbocycles. The van der Waals surface area contributed by atoms with Crippen molar-refractivity contribution in [2.24, 2.45) is 5.73 Å². The molecular formula is C21H17Cl2FN8O2. The Balaban J connectivity index is 1.98. The Morgan fingerprint density at radius 2 is 1.88 bits per heavy atom. The van der Waals surface area contributed by atoms with Gasteiger partial charge in [-0.1, -0.05) is 29.3 Å². The molecule has 1 atom stereocenters. The summed E-state index contributed by atoms with van der Waals surface area (Å²) in [5.41, 5.74) is 16.7. The number of benzene rings is 2. The van der Waals surface area contributed by atoms with E-state index >= 15 is 0 Å². The fraction of sp³-hybridized carbons (Fsp3) is 0.0952. The highest BCUT2D eigenvalue weighted by atomic mass is 35.5. The van der Waals surface area contributed by atoms with Gasteiger partial charge < -0.3 is 22.5 Å². The highest BCUT2D eigenvalue weighted by Crippen LogP contribution is 2.30. The predicted molar refractivity (Wildman–Crippen MR) is 129 cm³/mol. The maximum Gasteiger partial charge on any atom is 0.266 e. The van der Waals surface area contributed by atoms with Crippen LogP contribution in [0.2, 0.25) is 10.0 Å². The van der Waals surface area contributed by atoms with Crippen LogP contribution in [-0.4, -0.2) is 25.4 Å². The molecule has 10 nitrogen and oxygen atoms in total. The van der Waals surface area contributed by atoms with Gasteiger partial charge in [0.1, 0.15) is 22.5 Å². The third kappa shape index (κ3) is 4.18. The molecule has 1 amide bonds. The first-order valence-corrected chi connectivity index (χ1v) is 10.5. The SMILES string of the molecule is CC(Nc1nc(N)nc(N)c1Cl)c1nc2c(Cl)cc(F)cc2c(=O)n1-c1cccc(C(N)=O)c1. The second kappa shape index (κ2) is 8.76. The van der Waals surface area contributed by atoms with Crippen molar-refractivity contribution in [1.29, 1.82) is 0 Å². The average Bonchev–Trinajstić information content (AvgIpc) is 2.77. The maximum absolute atomic E-state index is 14.1. The quantitative estimate of drug-likeness (QED) is 0.322. The maximum atomic E-state index is 14.1. The number of hydrogen-bond acceptors (Lipinski definition) is 8.